The normalized spacial score (nSPS) is 25.7. The lowest BCUT2D eigenvalue weighted by Crippen LogP contribution is -2.33. The number of azo groups is 1. The summed E-state index contributed by atoms with van der Waals surface area (Å²) in [5.74, 6) is -0.194. The molecule has 0 saturated carbocycles. The van der Waals surface area contributed by atoms with Crippen molar-refractivity contribution in [2.45, 2.75) is 31.9 Å². The number of benzene rings is 1. The zero-order valence-corrected chi connectivity index (χ0v) is 9.22. The molecule has 16 heavy (non-hydrogen) atoms. The van der Waals surface area contributed by atoms with Crippen molar-refractivity contribution in [3.8, 4) is 0 Å². The van der Waals surface area contributed by atoms with Gasteiger partial charge in [0.15, 0.2) is 0 Å². The summed E-state index contributed by atoms with van der Waals surface area (Å²) in [6.45, 7) is 1.79. The standard InChI is InChI=1S/C12H14N2O2/c1-12(9-5-8-11(15)16-12)14-13-10-6-3-2-4-7-10/h2-4,6-7H,5,8-9H2,1H3. The van der Waals surface area contributed by atoms with Crippen LogP contribution in [-0.2, 0) is 9.53 Å². The lowest BCUT2D eigenvalue weighted by Gasteiger charge is -2.27. The first-order chi connectivity index (χ1) is 7.68. The van der Waals surface area contributed by atoms with Crippen molar-refractivity contribution < 1.29 is 9.53 Å². The number of carbonyl (C=O) groups is 1. The maximum absolute atomic E-state index is 11.2. The van der Waals surface area contributed by atoms with Crippen LogP contribution in [-0.4, -0.2) is 11.7 Å². The number of ether oxygens (including phenoxy) is 1. The Balaban J connectivity index is 2.08. The highest BCUT2D eigenvalue weighted by molar-refractivity contribution is 5.70. The SMILES string of the molecule is CC1(N=Nc2ccccc2)CCCC(=O)O1. The van der Waals surface area contributed by atoms with E-state index in [2.05, 4.69) is 10.2 Å². The molecule has 1 heterocycles. The fourth-order valence-corrected chi connectivity index (χ4v) is 1.64. The van der Waals surface area contributed by atoms with Crippen molar-refractivity contribution in [3.05, 3.63) is 30.3 Å². The Hall–Kier alpha value is -1.71. The molecular weight excluding hydrogens is 204 g/mol. The van der Waals surface area contributed by atoms with Crippen molar-refractivity contribution in [2.24, 2.45) is 10.2 Å². The molecule has 1 aromatic rings. The molecule has 1 atom stereocenters. The van der Waals surface area contributed by atoms with Crippen LogP contribution in [0.3, 0.4) is 0 Å². The van der Waals surface area contributed by atoms with Crippen LogP contribution in [0.2, 0.25) is 0 Å². The first-order valence-electron chi connectivity index (χ1n) is 5.38. The van der Waals surface area contributed by atoms with Gasteiger partial charge in [-0.15, -0.1) is 5.11 Å². The molecule has 1 aliphatic heterocycles. The highest BCUT2D eigenvalue weighted by Crippen LogP contribution is 2.28. The minimum absolute atomic E-state index is 0.194. The third kappa shape index (κ3) is 2.66. The summed E-state index contributed by atoms with van der Waals surface area (Å²) in [7, 11) is 0. The molecule has 1 unspecified atom stereocenters. The maximum Gasteiger partial charge on any atom is 0.308 e. The summed E-state index contributed by atoms with van der Waals surface area (Å²) in [4.78, 5) is 11.2. The molecule has 0 amide bonds. The average molecular weight is 218 g/mol. The van der Waals surface area contributed by atoms with Gasteiger partial charge in [-0.3, -0.25) is 4.79 Å². The smallest absolute Gasteiger partial charge is 0.308 e. The van der Waals surface area contributed by atoms with Crippen LogP contribution in [0.15, 0.2) is 40.6 Å². The van der Waals surface area contributed by atoms with E-state index in [-0.39, 0.29) is 5.97 Å². The van der Waals surface area contributed by atoms with Crippen LogP contribution >= 0.6 is 0 Å². The van der Waals surface area contributed by atoms with Crippen molar-refractivity contribution in [3.63, 3.8) is 0 Å². The van der Waals surface area contributed by atoms with E-state index < -0.39 is 5.72 Å². The minimum Gasteiger partial charge on any atom is -0.436 e. The van der Waals surface area contributed by atoms with Crippen molar-refractivity contribution in [2.75, 3.05) is 0 Å². The Kier molecular flexibility index (Phi) is 2.99. The lowest BCUT2D eigenvalue weighted by molar-refractivity contribution is -0.164. The molecule has 0 aromatic heterocycles. The second kappa shape index (κ2) is 4.43. The van der Waals surface area contributed by atoms with Gasteiger partial charge in [0, 0.05) is 12.8 Å². The van der Waals surface area contributed by atoms with Gasteiger partial charge in [0.2, 0.25) is 5.72 Å². The Morgan fingerprint density at radius 3 is 2.75 bits per heavy atom. The largest absolute Gasteiger partial charge is 0.436 e. The van der Waals surface area contributed by atoms with Gasteiger partial charge in [0.1, 0.15) is 0 Å². The topological polar surface area (TPSA) is 51.0 Å². The number of esters is 1. The third-order valence-corrected chi connectivity index (χ3v) is 2.49. The Bertz CT molecular complexity index is 403. The quantitative estimate of drug-likeness (QED) is 0.565. The molecule has 0 N–H and O–H groups in total. The molecule has 1 saturated heterocycles. The third-order valence-electron chi connectivity index (χ3n) is 2.49. The van der Waals surface area contributed by atoms with Gasteiger partial charge in [0.05, 0.1) is 5.69 Å². The zero-order chi connectivity index (χ0) is 11.4. The molecule has 0 bridgehead atoms. The van der Waals surface area contributed by atoms with Crippen molar-refractivity contribution >= 4 is 11.7 Å². The number of cyclic esters (lactones) is 1. The van der Waals surface area contributed by atoms with Gasteiger partial charge in [-0.2, -0.15) is 5.11 Å². The minimum atomic E-state index is -0.787. The Morgan fingerprint density at radius 2 is 2.06 bits per heavy atom. The molecular formula is C12H14N2O2. The molecule has 84 valence electrons. The monoisotopic (exact) mass is 218 g/mol. The molecule has 4 nitrogen and oxygen atoms in total. The first kappa shape index (κ1) is 10.8. The fourth-order valence-electron chi connectivity index (χ4n) is 1.64. The van der Waals surface area contributed by atoms with E-state index in [1.165, 1.54) is 0 Å². The summed E-state index contributed by atoms with van der Waals surface area (Å²) >= 11 is 0. The summed E-state index contributed by atoms with van der Waals surface area (Å²) in [5, 5.41) is 8.20. The van der Waals surface area contributed by atoms with E-state index >= 15 is 0 Å². The average Bonchev–Trinajstić information content (AvgIpc) is 2.28. The van der Waals surface area contributed by atoms with Crippen LogP contribution in [0.5, 0.6) is 0 Å². The maximum atomic E-state index is 11.2. The summed E-state index contributed by atoms with van der Waals surface area (Å²) in [6, 6.07) is 9.42. The summed E-state index contributed by atoms with van der Waals surface area (Å²) in [5.41, 5.74) is -0.0177. The molecule has 1 aromatic carbocycles. The van der Waals surface area contributed by atoms with Crippen molar-refractivity contribution in [1.29, 1.82) is 0 Å². The highest BCUT2D eigenvalue weighted by Gasteiger charge is 2.32. The fraction of sp³-hybridized carbons (Fsp3) is 0.417. The van der Waals surface area contributed by atoms with Gasteiger partial charge >= 0.3 is 5.97 Å². The van der Waals surface area contributed by atoms with Crippen LogP contribution in [0.1, 0.15) is 26.2 Å². The van der Waals surface area contributed by atoms with Crippen LogP contribution < -0.4 is 0 Å². The second-order valence-electron chi connectivity index (χ2n) is 4.04. The van der Waals surface area contributed by atoms with E-state index in [9.17, 15) is 4.79 Å². The van der Waals surface area contributed by atoms with Crippen LogP contribution in [0.25, 0.3) is 0 Å². The van der Waals surface area contributed by atoms with Gasteiger partial charge in [0.25, 0.3) is 0 Å². The van der Waals surface area contributed by atoms with Crippen LogP contribution in [0, 0.1) is 0 Å². The first-order valence-corrected chi connectivity index (χ1v) is 5.38. The second-order valence-corrected chi connectivity index (χ2v) is 4.04. The van der Waals surface area contributed by atoms with Gasteiger partial charge in [-0.05, 0) is 25.5 Å². The van der Waals surface area contributed by atoms with Gasteiger partial charge < -0.3 is 4.74 Å². The summed E-state index contributed by atoms with van der Waals surface area (Å²) in [6.07, 6.45) is 2.02. The highest BCUT2D eigenvalue weighted by atomic mass is 16.6. The number of carbonyl (C=O) groups excluding carboxylic acids is 1. The number of hydrogen-bond donors (Lipinski definition) is 0. The van der Waals surface area contributed by atoms with E-state index in [4.69, 9.17) is 4.74 Å². The van der Waals surface area contributed by atoms with Gasteiger partial charge in [-0.1, -0.05) is 18.2 Å². The number of rotatable bonds is 2. The number of nitrogens with zero attached hydrogens (tertiary/aromatic N) is 2. The van der Waals surface area contributed by atoms with Gasteiger partial charge in [-0.25, -0.2) is 0 Å². The van der Waals surface area contributed by atoms with E-state index in [0.29, 0.717) is 6.42 Å². The number of hydrogen-bond acceptors (Lipinski definition) is 4. The molecule has 4 heteroatoms. The molecule has 1 aliphatic rings. The van der Waals surface area contributed by atoms with E-state index in [1.807, 2.05) is 30.3 Å². The predicted octanol–water partition coefficient (Wildman–Crippen LogP) is 3.21. The molecule has 0 radical (unpaired) electrons. The molecule has 0 aliphatic carbocycles. The van der Waals surface area contributed by atoms with Crippen molar-refractivity contribution in [1.82, 2.24) is 0 Å². The Labute approximate surface area is 94.3 Å². The summed E-state index contributed by atoms with van der Waals surface area (Å²) < 4.78 is 5.20. The Morgan fingerprint density at radius 1 is 1.31 bits per heavy atom. The lowest BCUT2D eigenvalue weighted by atomic mass is 10.1. The van der Waals surface area contributed by atoms with E-state index in [0.717, 1.165) is 18.5 Å². The zero-order valence-electron chi connectivity index (χ0n) is 9.22. The molecule has 1 fully saturated rings. The van der Waals surface area contributed by atoms with E-state index in [1.54, 1.807) is 6.92 Å². The van der Waals surface area contributed by atoms with Crippen LogP contribution in [0.4, 0.5) is 5.69 Å². The molecule has 2 rings (SSSR count). The molecule has 0 spiro atoms. The predicted molar refractivity (Wildman–Crippen MR) is 59.3 cm³/mol.